The lowest BCUT2D eigenvalue weighted by Gasteiger charge is -2.10. The Morgan fingerprint density at radius 2 is 2.07 bits per heavy atom. The molecule has 0 aliphatic rings. The van der Waals surface area contributed by atoms with Crippen LogP contribution < -0.4 is 0 Å². The number of halogens is 1. The highest BCUT2D eigenvalue weighted by molar-refractivity contribution is 6.32. The van der Waals surface area contributed by atoms with E-state index in [1.807, 2.05) is 26.2 Å². The Labute approximate surface area is 90.1 Å². The minimum absolute atomic E-state index is 0.230. The number of hydrogen-bond acceptors (Lipinski definition) is 2. The van der Waals surface area contributed by atoms with Crippen molar-refractivity contribution >= 4 is 11.6 Å². The third-order valence-corrected chi connectivity index (χ3v) is 2.43. The molecule has 1 N–H and O–H groups in total. The van der Waals surface area contributed by atoms with Gasteiger partial charge in [0.05, 0.1) is 5.02 Å². The number of rotatable bonds is 4. The molecule has 0 heterocycles. The maximum atomic E-state index is 9.62. The van der Waals surface area contributed by atoms with Crippen LogP contribution in [-0.4, -0.2) is 30.6 Å². The third-order valence-electron chi connectivity index (χ3n) is 2.12. The standard InChI is InChI=1S/C11H16ClNO/c1-13(2)8-4-6-9-5-3-7-10(12)11(9)14/h3,5,7,14H,4,6,8H2,1-2H3. The Bertz CT molecular complexity index is 299. The fraction of sp³-hybridized carbons (Fsp3) is 0.455. The summed E-state index contributed by atoms with van der Waals surface area (Å²) in [5.41, 5.74) is 0.930. The van der Waals surface area contributed by atoms with Gasteiger partial charge in [-0.1, -0.05) is 23.7 Å². The molecule has 0 aliphatic heterocycles. The van der Waals surface area contributed by atoms with Crippen LogP contribution in [0.5, 0.6) is 5.75 Å². The van der Waals surface area contributed by atoms with Crippen molar-refractivity contribution in [3.8, 4) is 5.75 Å². The fourth-order valence-electron chi connectivity index (χ4n) is 1.35. The second-order valence-electron chi connectivity index (χ2n) is 3.65. The zero-order valence-electron chi connectivity index (χ0n) is 8.63. The number of benzene rings is 1. The van der Waals surface area contributed by atoms with E-state index in [1.54, 1.807) is 6.07 Å². The van der Waals surface area contributed by atoms with E-state index in [2.05, 4.69) is 4.90 Å². The van der Waals surface area contributed by atoms with Gasteiger partial charge in [-0.3, -0.25) is 0 Å². The van der Waals surface area contributed by atoms with Crippen LogP contribution in [0, 0.1) is 0 Å². The molecular weight excluding hydrogens is 198 g/mol. The lowest BCUT2D eigenvalue weighted by Crippen LogP contribution is -2.13. The van der Waals surface area contributed by atoms with Crippen LogP contribution >= 0.6 is 11.6 Å². The SMILES string of the molecule is CN(C)CCCc1cccc(Cl)c1O. The third kappa shape index (κ3) is 3.20. The molecule has 0 amide bonds. The molecule has 1 rings (SSSR count). The Morgan fingerprint density at radius 3 is 2.71 bits per heavy atom. The van der Waals surface area contributed by atoms with Crippen molar-refractivity contribution in [3.05, 3.63) is 28.8 Å². The van der Waals surface area contributed by atoms with Gasteiger partial charge in [0.1, 0.15) is 5.75 Å². The first-order valence-corrected chi connectivity index (χ1v) is 5.10. The van der Waals surface area contributed by atoms with Crippen LogP contribution in [0.15, 0.2) is 18.2 Å². The number of phenols is 1. The maximum Gasteiger partial charge on any atom is 0.137 e. The van der Waals surface area contributed by atoms with Gasteiger partial charge in [0, 0.05) is 0 Å². The Balaban J connectivity index is 2.54. The summed E-state index contributed by atoms with van der Waals surface area (Å²) in [6.07, 6.45) is 1.89. The molecule has 0 aromatic heterocycles. The summed E-state index contributed by atoms with van der Waals surface area (Å²) in [7, 11) is 4.08. The molecule has 0 bridgehead atoms. The van der Waals surface area contributed by atoms with E-state index < -0.39 is 0 Å². The van der Waals surface area contributed by atoms with Gasteiger partial charge in [-0.05, 0) is 45.1 Å². The first-order chi connectivity index (χ1) is 6.61. The predicted molar refractivity (Wildman–Crippen MR) is 60.0 cm³/mol. The topological polar surface area (TPSA) is 23.5 Å². The van der Waals surface area contributed by atoms with Crippen molar-refractivity contribution in [3.63, 3.8) is 0 Å². The largest absolute Gasteiger partial charge is 0.506 e. The molecule has 0 unspecified atom stereocenters. The van der Waals surface area contributed by atoms with E-state index in [-0.39, 0.29) is 5.75 Å². The molecule has 0 saturated carbocycles. The summed E-state index contributed by atoms with van der Waals surface area (Å²) in [5, 5.41) is 10.1. The van der Waals surface area contributed by atoms with Crippen molar-refractivity contribution in [2.45, 2.75) is 12.8 Å². The van der Waals surface area contributed by atoms with Crippen molar-refractivity contribution in [1.29, 1.82) is 0 Å². The molecule has 14 heavy (non-hydrogen) atoms. The van der Waals surface area contributed by atoms with E-state index in [1.165, 1.54) is 0 Å². The van der Waals surface area contributed by atoms with Crippen molar-refractivity contribution in [2.24, 2.45) is 0 Å². The van der Waals surface area contributed by atoms with Gasteiger partial charge in [-0.25, -0.2) is 0 Å². The summed E-state index contributed by atoms with van der Waals surface area (Å²) in [4.78, 5) is 2.13. The van der Waals surface area contributed by atoms with Crippen molar-refractivity contribution < 1.29 is 5.11 Å². The Kier molecular flexibility index (Phi) is 4.23. The van der Waals surface area contributed by atoms with Gasteiger partial charge < -0.3 is 10.0 Å². The second-order valence-corrected chi connectivity index (χ2v) is 4.06. The second kappa shape index (κ2) is 5.23. The smallest absolute Gasteiger partial charge is 0.137 e. The van der Waals surface area contributed by atoms with E-state index in [0.29, 0.717) is 5.02 Å². The lowest BCUT2D eigenvalue weighted by atomic mass is 10.1. The maximum absolute atomic E-state index is 9.62. The lowest BCUT2D eigenvalue weighted by molar-refractivity contribution is 0.397. The summed E-state index contributed by atoms with van der Waals surface area (Å²) in [6.45, 7) is 1.02. The molecule has 3 heteroatoms. The molecule has 1 aromatic rings. The number of phenolic OH excluding ortho intramolecular Hbond substituents is 1. The Morgan fingerprint density at radius 1 is 1.36 bits per heavy atom. The van der Waals surface area contributed by atoms with E-state index in [4.69, 9.17) is 11.6 Å². The zero-order chi connectivity index (χ0) is 10.6. The quantitative estimate of drug-likeness (QED) is 0.831. The van der Waals surface area contributed by atoms with E-state index >= 15 is 0 Å². The van der Waals surface area contributed by atoms with Crippen LogP contribution in [0.4, 0.5) is 0 Å². The minimum atomic E-state index is 0.230. The molecule has 0 spiro atoms. The van der Waals surface area contributed by atoms with Gasteiger partial charge in [-0.2, -0.15) is 0 Å². The first kappa shape index (κ1) is 11.3. The van der Waals surface area contributed by atoms with Gasteiger partial charge in [-0.15, -0.1) is 0 Å². The molecule has 0 atom stereocenters. The van der Waals surface area contributed by atoms with Crippen LogP contribution in [0.2, 0.25) is 5.02 Å². The van der Waals surface area contributed by atoms with Gasteiger partial charge in [0.25, 0.3) is 0 Å². The van der Waals surface area contributed by atoms with Gasteiger partial charge in [0.15, 0.2) is 0 Å². The highest BCUT2D eigenvalue weighted by Crippen LogP contribution is 2.27. The Hall–Kier alpha value is -0.730. The molecule has 2 nitrogen and oxygen atoms in total. The van der Waals surface area contributed by atoms with Crippen molar-refractivity contribution in [1.82, 2.24) is 4.90 Å². The number of aromatic hydroxyl groups is 1. The van der Waals surface area contributed by atoms with Gasteiger partial charge >= 0.3 is 0 Å². The minimum Gasteiger partial charge on any atom is -0.506 e. The van der Waals surface area contributed by atoms with Crippen LogP contribution in [0.3, 0.4) is 0 Å². The summed E-state index contributed by atoms with van der Waals surface area (Å²) < 4.78 is 0. The summed E-state index contributed by atoms with van der Waals surface area (Å²) in [6, 6.07) is 5.48. The van der Waals surface area contributed by atoms with E-state index in [9.17, 15) is 5.11 Å². The first-order valence-electron chi connectivity index (χ1n) is 4.72. The molecule has 1 aromatic carbocycles. The zero-order valence-corrected chi connectivity index (χ0v) is 9.38. The average molecular weight is 214 g/mol. The molecule has 0 radical (unpaired) electrons. The van der Waals surface area contributed by atoms with Crippen LogP contribution in [-0.2, 0) is 6.42 Å². The molecule has 78 valence electrons. The average Bonchev–Trinajstić information content (AvgIpc) is 2.12. The summed E-state index contributed by atoms with van der Waals surface area (Å²) in [5.74, 6) is 0.230. The van der Waals surface area contributed by atoms with Gasteiger partial charge in [0.2, 0.25) is 0 Å². The normalized spacial score (nSPS) is 10.9. The highest BCUT2D eigenvalue weighted by Gasteiger charge is 2.04. The van der Waals surface area contributed by atoms with Crippen LogP contribution in [0.1, 0.15) is 12.0 Å². The van der Waals surface area contributed by atoms with E-state index in [0.717, 1.165) is 24.9 Å². The monoisotopic (exact) mass is 213 g/mol. The summed E-state index contributed by atoms with van der Waals surface area (Å²) >= 11 is 5.79. The highest BCUT2D eigenvalue weighted by atomic mass is 35.5. The van der Waals surface area contributed by atoms with Crippen molar-refractivity contribution in [2.75, 3.05) is 20.6 Å². The number of nitrogens with zero attached hydrogens (tertiary/aromatic N) is 1. The van der Waals surface area contributed by atoms with Crippen LogP contribution in [0.25, 0.3) is 0 Å². The molecule has 0 saturated heterocycles. The molecule has 0 fully saturated rings. The number of para-hydroxylation sites is 1. The predicted octanol–water partition coefficient (Wildman–Crippen LogP) is 2.54. The molecule has 0 aliphatic carbocycles. The number of hydrogen-bond donors (Lipinski definition) is 1. The fourth-order valence-corrected chi connectivity index (χ4v) is 1.54. The number of aryl methyl sites for hydroxylation is 1. The molecular formula is C11H16ClNO.